The van der Waals surface area contributed by atoms with Gasteiger partial charge in [-0.2, -0.15) is 5.10 Å². The van der Waals surface area contributed by atoms with Gasteiger partial charge in [-0.3, -0.25) is 4.79 Å². The summed E-state index contributed by atoms with van der Waals surface area (Å²) >= 11 is 6.45. The minimum Gasteiger partial charge on any atom is -0.352 e. The molecular weight excluding hydrogens is 436 g/mol. The van der Waals surface area contributed by atoms with E-state index < -0.39 is 0 Å². The monoisotopic (exact) mass is 460 g/mol. The second kappa shape index (κ2) is 8.48. The number of nitrogens with zero attached hydrogens (tertiary/aromatic N) is 6. The van der Waals surface area contributed by atoms with Crippen LogP contribution in [0.15, 0.2) is 48.5 Å². The highest BCUT2D eigenvalue weighted by atomic mass is 35.5. The molecule has 2 aromatic carbocycles. The van der Waals surface area contributed by atoms with Crippen molar-refractivity contribution in [1.82, 2.24) is 24.6 Å². The summed E-state index contributed by atoms with van der Waals surface area (Å²) in [4.78, 5) is 26.5. The van der Waals surface area contributed by atoms with Gasteiger partial charge in [0.25, 0.3) is 5.91 Å². The Labute approximate surface area is 197 Å². The molecule has 1 saturated heterocycles. The van der Waals surface area contributed by atoms with E-state index in [1.807, 2.05) is 74.2 Å². The summed E-state index contributed by atoms with van der Waals surface area (Å²) in [6.45, 7) is 8.53. The Morgan fingerprint density at radius 2 is 1.61 bits per heavy atom. The average molecular weight is 461 g/mol. The average Bonchev–Trinajstić information content (AvgIpc) is 3.15. The Bertz CT molecular complexity index is 1340. The van der Waals surface area contributed by atoms with Crippen LogP contribution in [0, 0.1) is 20.8 Å². The van der Waals surface area contributed by atoms with Crippen LogP contribution < -0.4 is 4.90 Å². The highest BCUT2D eigenvalue weighted by Crippen LogP contribution is 2.31. The number of anilines is 1. The third-order valence-corrected chi connectivity index (χ3v) is 6.36. The molecule has 0 saturated carbocycles. The standard InChI is InChI=1S/C25H25ClN6O/c1-16-8-10-19(11-9-16)25(33)31-14-12-30(13-15-31)23-22-17(2)29-32(24(22)28-18(3)27-23)21-7-5-4-6-20(21)26/h4-11H,12-15H2,1-3H3. The summed E-state index contributed by atoms with van der Waals surface area (Å²) in [5.41, 5.74) is 4.24. The molecule has 0 radical (unpaired) electrons. The van der Waals surface area contributed by atoms with Crippen LogP contribution in [-0.2, 0) is 0 Å². The van der Waals surface area contributed by atoms with Crippen molar-refractivity contribution in [3.8, 4) is 5.69 Å². The third-order valence-electron chi connectivity index (χ3n) is 6.04. The predicted molar refractivity (Wildman–Crippen MR) is 130 cm³/mol. The number of hydrogen-bond donors (Lipinski definition) is 0. The number of amides is 1. The van der Waals surface area contributed by atoms with Gasteiger partial charge in [0.2, 0.25) is 0 Å². The van der Waals surface area contributed by atoms with E-state index in [9.17, 15) is 4.79 Å². The molecule has 1 amide bonds. The number of halogens is 1. The van der Waals surface area contributed by atoms with E-state index in [-0.39, 0.29) is 5.91 Å². The van der Waals surface area contributed by atoms with Gasteiger partial charge >= 0.3 is 0 Å². The quantitative estimate of drug-likeness (QED) is 0.454. The first kappa shape index (κ1) is 21.4. The van der Waals surface area contributed by atoms with Gasteiger partial charge in [0.15, 0.2) is 5.65 Å². The van der Waals surface area contributed by atoms with Crippen LogP contribution in [-0.4, -0.2) is 56.7 Å². The smallest absolute Gasteiger partial charge is 0.253 e. The van der Waals surface area contributed by atoms with E-state index in [4.69, 9.17) is 26.7 Å². The molecule has 8 heteroatoms. The molecule has 1 fully saturated rings. The lowest BCUT2D eigenvalue weighted by atomic mass is 10.1. The molecule has 0 atom stereocenters. The number of rotatable bonds is 3. The van der Waals surface area contributed by atoms with Gasteiger partial charge in [-0.05, 0) is 45.0 Å². The maximum atomic E-state index is 12.9. The molecule has 33 heavy (non-hydrogen) atoms. The summed E-state index contributed by atoms with van der Waals surface area (Å²) < 4.78 is 1.79. The van der Waals surface area contributed by atoms with Gasteiger partial charge in [-0.15, -0.1) is 0 Å². The largest absolute Gasteiger partial charge is 0.352 e. The number of fused-ring (bicyclic) bond motifs is 1. The first-order valence-corrected chi connectivity index (χ1v) is 11.4. The van der Waals surface area contributed by atoms with E-state index in [0.29, 0.717) is 37.0 Å². The number of carbonyl (C=O) groups is 1. The number of hydrogen-bond acceptors (Lipinski definition) is 5. The zero-order valence-corrected chi connectivity index (χ0v) is 19.7. The van der Waals surface area contributed by atoms with Crippen molar-refractivity contribution in [2.45, 2.75) is 20.8 Å². The minimum atomic E-state index is 0.0707. The number of piperazine rings is 1. The minimum absolute atomic E-state index is 0.0707. The van der Waals surface area contributed by atoms with Crippen molar-refractivity contribution in [2.24, 2.45) is 0 Å². The van der Waals surface area contributed by atoms with Crippen LogP contribution in [0.1, 0.15) is 27.4 Å². The molecule has 4 aromatic rings. The van der Waals surface area contributed by atoms with Crippen LogP contribution in [0.5, 0.6) is 0 Å². The molecule has 3 heterocycles. The van der Waals surface area contributed by atoms with Crippen molar-refractivity contribution in [3.63, 3.8) is 0 Å². The van der Waals surface area contributed by atoms with Crippen LogP contribution in [0.25, 0.3) is 16.7 Å². The van der Waals surface area contributed by atoms with Crippen LogP contribution in [0.3, 0.4) is 0 Å². The van der Waals surface area contributed by atoms with E-state index in [1.54, 1.807) is 4.68 Å². The second-order valence-electron chi connectivity index (χ2n) is 8.39. The summed E-state index contributed by atoms with van der Waals surface area (Å²) in [5.74, 6) is 1.60. The van der Waals surface area contributed by atoms with Gasteiger partial charge in [0, 0.05) is 31.7 Å². The number of carbonyl (C=O) groups excluding carboxylic acids is 1. The van der Waals surface area contributed by atoms with Crippen molar-refractivity contribution in [1.29, 1.82) is 0 Å². The first-order valence-electron chi connectivity index (χ1n) is 11.0. The van der Waals surface area contributed by atoms with E-state index in [0.717, 1.165) is 39.4 Å². The number of aromatic nitrogens is 4. The molecule has 168 valence electrons. The number of benzene rings is 2. The third kappa shape index (κ3) is 3.93. The highest BCUT2D eigenvalue weighted by Gasteiger charge is 2.26. The Kier molecular flexibility index (Phi) is 5.50. The molecule has 2 aromatic heterocycles. The van der Waals surface area contributed by atoms with Gasteiger partial charge < -0.3 is 9.80 Å². The topological polar surface area (TPSA) is 67.2 Å². The lowest BCUT2D eigenvalue weighted by Crippen LogP contribution is -2.49. The fourth-order valence-corrected chi connectivity index (χ4v) is 4.50. The Morgan fingerprint density at radius 3 is 2.30 bits per heavy atom. The van der Waals surface area contributed by atoms with E-state index in [2.05, 4.69) is 4.90 Å². The predicted octanol–water partition coefficient (Wildman–Crippen LogP) is 4.36. The molecule has 5 rings (SSSR count). The molecule has 0 unspecified atom stereocenters. The van der Waals surface area contributed by atoms with Gasteiger partial charge in [-0.25, -0.2) is 14.6 Å². The zero-order valence-electron chi connectivity index (χ0n) is 18.9. The molecular formula is C25H25ClN6O. The Morgan fingerprint density at radius 1 is 0.909 bits per heavy atom. The van der Waals surface area contributed by atoms with Crippen molar-refractivity contribution < 1.29 is 4.79 Å². The lowest BCUT2D eigenvalue weighted by molar-refractivity contribution is 0.0746. The van der Waals surface area contributed by atoms with Gasteiger partial charge in [-0.1, -0.05) is 41.4 Å². The summed E-state index contributed by atoms with van der Waals surface area (Å²) in [7, 11) is 0. The normalized spacial score (nSPS) is 14.2. The summed E-state index contributed by atoms with van der Waals surface area (Å²) in [6.07, 6.45) is 0. The van der Waals surface area contributed by atoms with Crippen molar-refractivity contribution >= 4 is 34.4 Å². The highest BCUT2D eigenvalue weighted by molar-refractivity contribution is 6.32. The van der Waals surface area contributed by atoms with E-state index in [1.165, 1.54) is 0 Å². The van der Waals surface area contributed by atoms with Gasteiger partial charge in [0.1, 0.15) is 11.6 Å². The first-order chi connectivity index (χ1) is 15.9. The number of aryl methyl sites for hydroxylation is 3. The van der Waals surface area contributed by atoms with Gasteiger partial charge in [0.05, 0.1) is 21.8 Å². The molecule has 0 spiro atoms. The van der Waals surface area contributed by atoms with Crippen molar-refractivity contribution in [3.05, 3.63) is 76.2 Å². The molecule has 1 aliphatic rings. The second-order valence-corrected chi connectivity index (χ2v) is 8.79. The number of para-hydroxylation sites is 1. The van der Waals surface area contributed by atoms with Crippen LogP contribution in [0.2, 0.25) is 5.02 Å². The Balaban J connectivity index is 1.45. The zero-order chi connectivity index (χ0) is 23.1. The van der Waals surface area contributed by atoms with Crippen molar-refractivity contribution in [2.75, 3.05) is 31.1 Å². The maximum Gasteiger partial charge on any atom is 0.253 e. The lowest BCUT2D eigenvalue weighted by Gasteiger charge is -2.35. The summed E-state index contributed by atoms with van der Waals surface area (Å²) in [5, 5.41) is 6.28. The van der Waals surface area contributed by atoms with Crippen LogP contribution in [0.4, 0.5) is 5.82 Å². The molecule has 1 aliphatic heterocycles. The molecule has 0 aliphatic carbocycles. The van der Waals surface area contributed by atoms with Crippen LogP contribution >= 0.6 is 11.6 Å². The maximum absolute atomic E-state index is 12.9. The Hall–Kier alpha value is -3.45. The fraction of sp³-hybridized carbons (Fsp3) is 0.280. The SMILES string of the molecule is Cc1ccc(C(=O)N2CCN(c3nc(C)nc4c3c(C)nn4-c3ccccc3Cl)CC2)cc1. The molecule has 0 bridgehead atoms. The fourth-order valence-electron chi connectivity index (χ4n) is 4.29. The van der Waals surface area contributed by atoms with E-state index >= 15 is 0 Å². The molecule has 0 N–H and O–H groups in total. The summed E-state index contributed by atoms with van der Waals surface area (Å²) in [6, 6.07) is 15.4. The molecule has 7 nitrogen and oxygen atoms in total.